The van der Waals surface area contributed by atoms with Gasteiger partial charge in [0.2, 0.25) is 5.88 Å². The lowest BCUT2D eigenvalue weighted by Gasteiger charge is -2.03. The van der Waals surface area contributed by atoms with Gasteiger partial charge in [0.15, 0.2) is 0 Å². The van der Waals surface area contributed by atoms with Gasteiger partial charge in [0.1, 0.15) is 12.0 Å². The number of aromatic nitrogens is 1. The third-order valence-corrected chi connectivity index (χ3v) is 1.86. The quantitative estimate of drug-likeness (QED) is 0.713. The largest absolute Gasteiger partial charge is 0.439 e. The number of para-hydroxylation sites is 1. The fourth-order valence-electron chi connectivity index (χ4n) is 1.16. The third-order valence-electron chi connectivity index (χ3n) is 1.86. The molecule has 0 aliphatic rings. The number of carbonyl (C=O) groups excluding carboxylic acids is 1. The zero-order valence-electron chi connectivity index (χ0n) is 7.96. The maximum absolute atomic E-state index is 10.5. The number of pyridine rings is 1. The van der Waals surface area contributed by atoms with Crippen molar-refractivity contribution in [1.82, 2.24) is 4.98 Å². The summed E-state index contributed by atoms with van der Waals surface area (Å²) in [5.74, 6) is 1.12. The van der Waals surface area contributed by atoms with Gasteiger partial charge in [-0.25, -0.2) is 4.98 Å². The summed E-state index contributed by atoms with van der Waals surface area (Å²) in [5.41, 5.74) is 0.552. The lowest BCUT2D eigenvalue weighted by Crippen LogP contribution is -1.89. The SMILES string of the molecule is O=Cc1ccnc(Oc2ccccc2)c1. The average Bonchev–Trinajstić information content (AvgIpc) is 2.31. The standard InChI is InChI=1S/C12H9NO2/c14-9-10-6-7-13-12(8-10)15-11-4-2-1-3-5-11/h1-9H. The molecule has 1 aromatic carbocycles. The van der Waals surface area contributed by atoms with Crippen LogP contribution >= 0.6 is 0 Å². The maximum Gasteiger partial charge on any atom is 0.219 e. The first kappa shape index (κ1) is 9.40. The zero-order valence-corrected chi connectivity index (χ0v) is 7.96. The third kappa shape index (κ3) is 2.40. The summed E-state index contributed by atoms with van der Waals surface area (Å²) in [6.45, 7) is 0. The number of rotatable bonds is 3. The number of carbonyl (C=O) groups is 1. The van der Waals surface area contributed by atoms with Gasteiger partial charge >= 0.3 is 0 Å². The molecule has 74 valence electrons. The van der Waals surface area contributed by atoms with Gasteiger partial charge < -0.3 is 4.74 Å². The minimum atomic E-state index is 0.422. The van der Waals surface area contributed by atoms with Crippen LogP contribution in [0.25, 0.3) is 0 Å². The van der Waals surface area contributed by atoms with Gasteiger partial charge in [0, 0.05) is 17.8 Å². The normalized spacial score (nSPS) is 9.60. The number of benzene rings is 1. The monoisotopic (exact) mass is 199 g/mol. The van der Waals surface area contributed by atoms with E-state index in [1.165, 1.54) is 0 Å². The predicted octanol–water partition coefficient (Wildman–Crippen LogP) is 2.69. The van der Waals surface area contributed by atoms with Crippen molar-refractivity contribution in [2.24, 2.45) is 0 Å². The Morgan fingerprint density at radius 3 is 2.67 bits per heavy atom. The number of hydrogen-bond acceptors (Lipinski definition) is 3. The van der Waals surface area contributed by atoms with Crippen molar-refractivity contribution in [2.75, 3.05) is 0 Å². The minimum Gasteiger partial charge on any atom is -0.439 e. The fourth-order valence-corrected chi connectivity index (χ4v) is 1.16. The van der Waals surface area contributed by atoms with E-state index in [2.05, 4.69) is 4.98 Å². The highest BCUT2D eigenvalue weighted by molar-refractivity contribution is 5.74. The highest BCUT2D eigenvalue weighted by Gasteiger charge is 1.98. The molecule has 0 unspecified atom stereocenters. The van der Waals surface area contributed by atoms with E-state index in [1.807, 2.05) is 30.3 Å². The van der Waals surface area contributed by atoms with Gasteiger partial charge in [-0.1, -0.05) is 18.2 Å². The molecule has 0 fully saturated rings. The van der Waals surface area contributed by atoms with Gasteiger partial charge in [-0.05, 0) is 18.2 Å². The summed E-state index contributed by atoms with van der Waals surface area (Å²) in [7, 11) is 0. The summed E-state index contributed by atoms with van der Waals surface area (Å²) >= 11 is 0. The van der Waals surface area contributed by atoms with Crippen LogP contribution in [0.2, 0.25) is 0 Å². The van der Waals surface area contributed by atoms with E-state index < -0.39 is 0 Å². The second-order valence-electron chi connectivity index (χ2n) is 2.96. The van der Waals surface area contributed by atoms with Crippen LogP contribution in [0.15, 0.2) is 48.7 Å². The predicted molar refractivity (Wildman–Crippen MR) is 56.1 cm³/mol. The first-order valence-electron chi connectivity index (χ1n) is 4.52. The molecule has 15 heavy (non-hydrogen) atoms. The topological polar surface area (TPSA) is 39.2 Å². The molecular weight excluding hydrogens is 190 g/mol. The van der Waals surface area contributed by atoms with E-state index in [0.29, 0.717) is 17.2 Å². The summed E-state index contributed by atoms with van der Waals surface area (Å²) < 4.78 is 5.45. The van der Waals surface area contributed by atoms with Gasteiger partial charge in [-0.15, -0.1) is 0 Å². The second kappa shape index (κ2) is 4.37. The van der Waals surface area contributed by atoms with Crippen molar-refractivity contribution in [3.8, 4) is 11.6 Å². The molecule has 0 radical (unpaired) electrons. The molecule has 0 spiro atoms. The first-order valence-corrected chi connectivity index (χ1v) is 4.52. The van der Waals surface area contributed by atoms with Crippen LogP contribution in [0.5, 0.6) is 11.6 Å². The molecular formula is C12H9NO2. The summed E-state index contributed by atoms with van der Waals surface area (Å²) in [6.07, 6.45) is 2.31. The van der Waals surface area contributed by atoms with Gasteiger partial charge in [-0.2, -0.15) is 0 Å². The van der Waals surface area contributed by atoms with Crippen LogP contribution in [-0.2, 0) is 0 Å². The lowest BCUT2D eigenvalue weighted by atomic mass is 10.3. The van der Waals surface area contributed by atoms with Crippen LogP contribution in [0, 0.1) is 0 Å². The lowest BCUT2D eigenvalue weighted by molar-refractivity contribution is 0.112. The fraction of sp³-hybridized carbons (Fsp3) is 0. The van der Waals surface area contributed by atoms with Crippen LogP contribution in [0.3, 0.4) is 0 Å². The Balaban J connectivity index is 2.21. The summed E-state index contributed by atoms with van der Waals surface area (Å²) in [4.78, 5) is 14.5. The second-order valence-corrected chi connectivity index (χ2v) is 2.96. The van der Waals surface area contributed by atoms with E-state index in [-0.39, 0.29) is 0 Å². The Hall–Kier alpha value is -2.16. The van der Waals surface area contributed by atoms with Crippen LogP contribution < -0.4 is 4.74 Å². The van der Waals surface area contributed by atoms with Crippen molar-refractivity contribution in [3.63, 3.8) is 0 Å². The zero-order chi connectivity index (χ0) is 10.5. The van der Waals surface area contributed by atoms with Crippen molar-refractivity contribution in [1.29, 1.82) is 0 Å². The van der Waals surface area contributed by atoms with Gasteiger partial charge in [0.25, 0.3) is 0 Å². The van der Waals surface area contributed by atoms with Crippen molar-refractivity contribution in [3.05, 3.63) is 54.2 Å². The first-order chi connectivity index (χ1) is 7.38. The number of hydrogen-bond donors (Lipinski definition) is 0. The Morgan fingerprint density at radius 1 is 1.13 bits per heavy atom. The molecule has 1 aromatic heterocycles. The summed E-state index contributed by atoms with van der Waals surface area (Å²) in [6, 6.07) is 12.5. The van der Waals surface area contributed by atoms with Crippen molar-refractivity contribution < 1.29 is 9.53 Å². The van der Waals surface area contributed by atoms with E-state index >= 15 is 0 Å². The van der Waals surface area contributed by atoms with Crippen molar-refractivity contribution in [2.45, 2.75) is 0 Å². The molecule has 0 atom stereocenters. The molecule has 0 aliphatic carbocycles. The van der Waals surface area contributed by atoms with E-state index in [0.717, 1.165) is 6.29 Å². The molecule has 0 N–H and O–H groups in total. The molecule has 0 saturated carbocycles. The molecule has 2 rings (SSSR count). The smallest absolute Gasteiger partial charge is 0.219 e. The summed E-state index contributed by atoms with van der Waals surface area (Å²) in [5, 5.41) is 0. The molecule has 0 aliphatic heterocycles. The average molecular weight is 199 g/mol. The Kier molecular flexibility index (Phi) is 2.74. The number of nitrogens with zero attached hydrogens (tertiary/aromatic N) is 1. The van der Waals surface area contributed by atoms with Crippen LogP contribution in [0.1, 0.15) is 10.4 Å². The van der Waals surface area contributed by atoms with E-state index in [4.69, 9.17) is 4.74 Å². The molecule has 2 aromatic rings. The Bertz CT molecular complexity index is 454. The molecule has 1 heterocycles. The Labute approximate surface area is 87.3 Å². The highest BCUT2D eigenvalue weighted by atomic mass is 16.5. The minimum absolute atomic E-state index is 0.422. The molecule has 3 nitrogen and oxygen atoms in total. The van der Waals surface area contributed by atoms with Gasteiger partial charge in [-0.3, -0.25) is 4.79 Å². The van der Waals surface area contributed by atoms with E-state index in [9.17, 15) is 4.79 Å². The van der Waals surface area contributed by atoms with E-state index in [1.54, 1.807) is 18.3 Å². The van der Waals surface area contributed by atoms with Gasteiger partial charge in [0.05, 0.1) is 0 Å². The molecule has 0 bridgehead atoms. The number of ether oxygens (including phenoxy) is 1. The number of aldehydes is 1. The molecule has 0 amide bonds. The highest BCUT2D eigenvalue weighted by Crippen LogP contribution is 2.18. The maximum atomic E-state index is 10.5. The Morgan fingerprint density at radius 2 is 1.93 bits per heavy atom. The molecule has 3 heteroatoms. The van der Waals surface area contributed by atoms with Crippen LogP contribution in [0.4, 0.5) is 0 Å². The van der Waals surface area contributed by atoms with Crippen molar-refractivity contribution >= 4 is 6.29 Å². The molecule has 0 saturated heterocycles. The van der Waals surface area contributed by atoms with Crippen LogP contribution in [-0.4, -0.2) is 11.3 Å².